The molecule has 6 heteroatoms. The first-order valence-corrected chi connectivity index (χ1v) is 9.57. The third-order valence-electron chi connectivity index (χ3n) is 4.85. The summed E-state index contributed by atoms with van der Waals surface area (Å²) in [5.74, 6) is 1.26. The third-order valence-corrected chi connectivity index (χ3v) is 5.37. The lowest BCUT2D eigenvalue weighted by molar-refractivity contribution is -0.702. The Balaban J connectivity index is 1.93. The second kappa shape index (κ2) is 7.03. The molecule has 3 aromatic rings. The normalized spacial score (nSPS) is 13.9. The largest absolute Gasteiger partial charge is 0.270 e. The summed E-state index contributed by atoms with van der Waals surface area (Å²) < 4.78 is 5.59. The number of fused-ring (bicyclic) bond motifs is 1. The van der Waals surface area contributed by atoms with Crippen molar-refractivity contribution in [3.05, 3.63) is 75.1 Å². The smallest absolute Gasteiger partial charge is 0.258 e. The van der Waals surface area contributed by atoms with Gasteiger partial charge in [-0.2, -0.15) is 4.57 Å². The Bertz CT molecular complexity index is 964. The van der Waals surface area contributed by atoms with Crippen molar-refractivity contribution in [1.82, 2.24) is 4.57 Å². The molecular weight excluding hydrogens is 394 g/mol. The number of hydrogen-bond donors (Lipinski definition) is 0. The van der Waals surface area contributed by atoms with E-state index in [1.807, 2.05) is 18.2 Å². The van der Waals surface area contributed by atoms with Gasteiger partial charge in [0.05, 0.1) is 11.5 Å². The lowest BCUT2D eigenvalue weighted by atomic mass is 10.1. The van der Waals surface area contributed by atoms with Crippen LogP contribution in [0.25, 0.3) is 16.9 Å². The number of nitro benzene ring substituents is 1. The van der Waals surface area contributed by atoms with Crippen LogP contribution in [0.3, 0.4) is 0 Å². The van der Waals surface area contributed by atoms with Crippen LogP contribution in [0, 0.1) is 10.1 Å². The number of hydrogen-bond acceptors (Lipinski definition) is 2. The zero-order valence-electron chi connectivity index (χ0n) is 14.3. The van der Waals surface area contributed by atoms with Gasteiger partial charge in [-0.1, -0.05) is 28.1 Å². The van der Waals surface area contributed by atoms with Gasteiger partial charge in [-0.3, -0.25) is 10.1 Å². The van der Waals surface area contributed by atoms with Gasteiger partial charge in [0.15, 0.2) is 5.69 Å². The number of rotatable bonds is 3. The molecule has 0 saturated heterocycles. The highest BCUT2D eigenvalue weighted by molar-refractivity contribution is 9.10. The summed E-state index contributed by atoms with van der Waals surface area (Å²) >= 11 is 3.50. The van der Waals surface area contributed by atoms with Crippen molar-refractivity contribution in [1.29, 1.82) is 0 Å². The summed E-state index contributed by atoms with van der Waals surface area (Å²) in [7, 11) is 0. The number of nitro groups is 1. The third kappa shape index (κ3) is 3.17. The topological polar surface area (TPSA) is 52.0 Å². The van der Waals surface area contributed by atoms with E-state index in [2.05, 4.69) is 43.4 Å². The number of imidazole rings is 1. The number of aromatic nitrogens is 2. The second-order valence-corrected chi connectivity index (χ2v) is 7.47. The molecule has 0 unspecified atom stereocenters. The van der Waals surface area contributed by atoms with Gasteiger partial charge in [0.25, 0.3) is 11.5 Å². The van der Waals surface area contributed by atoms with Crippen LogP contribution in [0.1, 0.15) is 25.1 Å². The Morgan fingerprint density at radius 1 is 1.08 bits per heavy atom. The Hall–Kier alpha value is -2.47. The van der Waals surface area contributed by atoms with Gasteiger partial charge in [0.2, 0.25) is 0 Å². The Labute approximate surface area is 160 Å². The van der Waals surface area contributed by atoms with Crippen molar-refractivity contribution in [3.63, 3.8) is 0 Å². The molecule has 1 aliphatic heterocycles. The monoisotopic (exact) mass is 412 g/mol. The number of non-ortho nitro benzene ring substituents is 1. The fourth-order valence-electron chi connectivity index (χ4n) is 3.60. The Kier molecular flexibility index (Phi) is 4.59. The molecule has 0 N–H and O–H groups in total. The summed E-state index contributed by atoms with van der Waals surface area (Å²) in [5, 5.41) is 11.2. The molecule has 1 aliphatic rings. The molecule has 0 bridgehead atoms. The van der Waals surface area contributed by atoms with Crippen LogP contribution in [0.5, 0.6) is 0 Å². The van der Waals surface area contributed by atoms with Crippen LogP contribution in [-0.4, -0.2) is 9.49 Å². The zero-order chi connectivity index (χ0) is 18.1. The Morgan fingerprint density at radius 3 is 2.65 bits per heavy atom. The lowest BCUT2D eigenvalue weighted by Crippen LogP contribution is -2.35. The highest BCUT2D eigenvalue weighted by Crippen LogP contribution is 2.29. The van der Waals surface area contributed by atoms with Crippen molar-refractivity contribution in [3.8, 4) is 16.9 Å². The van der Waals surface area contributed by atoms with Crippen LogP contribution >= 0.6 is 15.9 Å². The molecule has 4 rings (SSSR count). The Morgan fingerprint density at radius 2 is 1.88 bits per heavy atom. The van der Waals surface area contributed by atoms with Gasteiger partial charge in [-0.15, -0.1) is 0 Å². The average molecular weight is 413 g/mol. The summed E-state index contributed by atoms with van der Waals surface area (Å²) in [5.41, 5.74) is 3.05. The molecule has 0 saturated carbocycles. The van der Waals surface area contributed by atoms with E-state index in [9.17, 15) is 10.1 Å². The van der Waals surface area contributed by atoms with E-state index < -0.39 is 0 Å². The highest BCUT2D eigenvalue weighted by atomic mass is 79.9. The van der Waals surface area contributed by atoms with Crippen molar-refractivity contribution in [2.75, 3.05) is 0 Å². The minimum Gasteiger partial charge on any atom is -0.258 e. The second-order valence-electron chi connectivity index (χ2n) is 6.55. The molecule has 132 valence electrons. The fourth-order valence-corrected chi connectivity index (χ4v) is 3.86. The van der Waals surface area contributed by atoms with Crippen LogP contribution in [0.2, 0.25) is 0 Å². The molecule has 0 radical (unpaired) electrons. The predicted molar refractivity (Wildman–Crippen MR) is 103 cm³/mol. The maximum absolute atomic E-state index is 11.2. The maximum Gasteiger partial charge on any atom is 0.270 e. The van der Waals surface area contributed by atoms with E-state index in [0.29, 0.717) is 0 Å². The number of nitrogens with zero attached hydrogens (tertiary/aromatic N) is 3. The van der Waals surface area contributed by atoms with E-state index in [-0.39, 0.29) is 10.6 Å². The van der Waals surface area contributed by atoms with E-state index in [1.165, 1.54) is 18.3 Å². The van der Waals surface area contributed by atoms with Gasteiger partial charge in [-0.25, -0.2) is 4.57 Å². The first kappa shape index (κ1) is 17.0. The zero-order valence-corrected chi connectivity index (χ0v) is 15.9. The van der Waals surface area contributed by atoms with Gasteiger partial charge in [0.1, 0.15) is 11.9 Å². The molecule has 0 amide bonds. The predicted octanol–water partition coefficient (Wildman–Crippen LogP) is 4.83. The molecule has 2 aromatic carbocycles. The van der Waals surface area contributed by atoms with Crippen LogP contribution in [0.4, 0.5) is 5.69 Å². The molecule has 0 atom stereocenters. The quantitative estimate of drug-likeness (QED) is 0.351. The van der Waals surface area contributed by atoms with Crippen molar-refractivity contribution in [2.45, 2.75) is 32.2 Å². The van der Waals surface area contributed by atoms with E-state index in [4.69, 9.17) is 0 Å². The lowest BCUT2D eigenvalue weighted by Gasteiger charge is -2.06. The molecule has 1 aromatic heterocycles. The van der Waals surface area contributed by atoms with Crippen molar-refractivity contribution >= 4 is 21.6 Å². The number of aryl methyl sites for hydroxylation is 1. The highest BCUT2D eigenvalue weighted by Gasteiger charge is 2.27. The van der Waals surface area contributed by atoms with E-state index in [1.54, 1.807) is 12.1 Å². The van der Waals surface area contributed by atoms with Gasteiger partial charge in [-0.05, 0) is 43.5 Å². The van der Waals surface area contributed by atoms with Gasteiger partial charge >= 0.3 is 0 Å². The molecule has 5 nitrogen and oxygen atoms in total. The first-order valence-electron chi connectivity index (χ1n) is 8.78. The molecule has 0 fully saturated rings. The summed E-state index contributed by atoms with van der Waals surface area (Å²) in [6.45, 7) is 0.987. The average Bonchev–Trinajstić information content (AvgIpc) is 2.85. The van der Waals surface area contributed by atoms with Crippen LogP contribution in [0.15, 0.2) is 59.2 Å². The van der Waals surface area contributed by atoms with Crippen molar-refractivity contribution < 1.29 is 9.49 Å². The minimum atomic E-state index is -0.339. The molecule has 26 heavy (non-hydrogen) atoms. The molecular formula is C20H19BrN3O2+. The summed E-state index contributed by atoms with van der Waals surface area (Å²) in [6, 6.07) is 15.1. The first-order chi connectivity index (χ1) is 12.6. The maximum atomic E-state index is 11.2. The van der Waals surface area contributed by atoms with Crippen LogP contribution < -0.4 is 4.57 Å². The summed E-state index contributed by atoms with van der Waals surface area (Å²) in [6.07, 6.45) is 6.70. The number of halogens is 1. The molecule has 0 spiro atoms. The minimum absolute atomic E-state index is 0.117. The molecule has 0 aliphatic carbocycles. The van der Waals surface area contributed by atoms with Crippen molar-refractivity contribution in [2.24, 2.45) is 0 Å². The van der Waals surface area contributed by atoms with E-state index >= 15 is 0 Å². The molecule has 2 heterocycles. The fraction of sp³-hybridized carbons (Fsp3) is 0.250. The standard InChI is InChI=1S/C20H19BrN3O2/c21-16-8-10-17(11-9-16)23-19(14-22-12-3-1-2-7-20(22)23)15-5-4-6-18(13-15)24(25)26/h4-6,8-11,13-14H,1-3,7,12H2/q+1. The van der Waals surface area contributed by atoms with Crippen LogP contribution in [-0.2, 0) is 13.0 Å². The van der Waals surface area contributed by atoms with E-state index in [0.717, 1.165) is 47.2 Å². The summed E-state index contributed by atoms with van der Waals surface area (Å²) in [4.78, 5) is 10.9. The van der Waals surface area contributed by atoms with Gasteiger partial charge in [0, 0.05) is 28.6 Å². The van der Waals surface area contributed by atoms with Gasteiger partial charge < -0.3 is 0 Å². The number of benzene rings is 2. The SMILES string of the molecule is O=[N+]([O-])c1cccc(-c2c[n+]3c(n2-c2ccc(Br)cc2)CCCCC3)c1.